The molecule has 0 saturated heterocycles. The van der Waals surface area contributed by atoms with E-state index in [1.807, 2.05) is 0 Å². The smallest absolute Gasteiger partial charge is 0.126 e. The van der Waals surface area contributed by atoms with Gasteiger partial charge in [-0.1, -0.05) is 13.8 Å². The third kappa shape index (κ3) is 4.74. The number of hydrogen-bond donors (Lipinski definition) is 1. The van der Waals surface area contributed by atoms with Crippen LogP contribution in [-0.2, 0) is 0 Å². The van der Waals surface area contributed by atoms with Crippen LogP contribution >= 0.6 is 0 Å². The zero-order valence-electron chi connectivity index (χ0n) is 6.97. The van der Waals surface area contributed by atoms with E-state index in [1.165, 1.54) is 6.92 Å². The second-order valence-electron chi connectivity index (χ2n) is 3.23. The van der Waals surface area contributed by atoms with Crippen LogP contribution in [0.15, 0.2) is 0 Å². The fourth-order valence-corrected chi connectivity index (χ4v) is 0.734. The van der Waals surface area contributed by atoms with Crippen LogP contribution in [0.5, 0.6) is 0 Å². The van der Waals surface area contributed by atoms with Crippen LogP contribution in [0.25, 0.3) is 0 Å². The Hall–Kier alpha value is -0.110. The lowest BCUT2D eigenvalue weighted by Gasteiger charge is -2.11. The van der Waals surface area contributed by atoms with E-state index in [0.29, 0.717) is 12.3 Å². The third-order valence-electron chi connectivity index (χ3n) is 1.54. The van der Waals surface area contributed by atoms with Crippen LogP contribution in [-0.4, -0.2) is 17.4 Å². The summed E-state index contributed by atoms with van der Waals surface area (Å²) in [4.78, 5) is 0. The average Bonchev–Trinajstić information content (AvgIpc) is 1.82. The molecule has 1 nitrogen and oxygen atoms in total. The van der Waals surface area contributed by atoms with Gasteiger partial charge >= 0.3 is 0 Å². The summed E-state index contributed by atoms with van der Waals surface area (Å²) in [7, 11) is 0. The van der Waals surface area contributed by atoms with E-state index in [4.69, 9.17) is 5.11 Å². The first-order chi connectivity index (χ1) is 4.54. The third-order valence-corrected chi connectivity index (χ3v) is 1.54. The molecule has 1 N–H and O–H groups in total. The van der Waals surface area contributed by atoms with E-state index in [-0.39, 0.29) is 0 Å². The lowest BCUT2D eigenvalue weighted by molar-refractivity contribution is 0.0841. The molecular formula is C8H17FO. The summed E-state index contributed by atoms with van der Waals surface area (Å²) in [6, 6.07) is 0. The molecule has 0 aromatic carbocycles. The van der Waals surface area contributed by atoms with Gasteiger partial charge in [0.1, 0.15) is 6.17 Å². The van der Waals surface area contributed by atoms with Crippen molar-refractivity contribution >= 4 is 0 Å². The van der Waals surface area contributed by atoms with Crippen molar-refractivity contribution in [1.82, 2.24) is 0 Å². The number of hydrogen-bond acceptors (Lipinski definition) is 1. The topological polar surface area (TPSA) is 20.2 Å². The van der Waals surface area contributed by atoms with Gasteiger partial charge in [-0.3, -0.25) is 0 Å². The van der Waals surface area contributed by atoms with E-state index in [2.05, 4.69) is 13.8 Å². The monoisotopic (exact) mass is 148 g/mol. The number of aliphatic hydroxyl groups excluding tert-OH is 1. The van der Waals surface area contributed by atoms with E-state index < -0.39 is 12.3 Å². The number of rotatable bonds is 4. The first kappa shape index (κ1) is 9.89. The molecule has 62 valence electrons. The van der Waals surface area contributed by atoms with Crippen LogP contribution in [0.1, 0.15) is 33.6 Å². The molecular weight excluding hydrogens is 131 g/mol. The van der Waals surface area contributed by atoms with Crippen molar-refractivity contribution < 1.29 is 9.50 Å². The van der Waals surface area contributed by atoms with Gasteiger partial charge in [0.25, 0.3) is 0 Å². The predicted molar refractivity (Wildman–Crippen MR) is 40.6 cm³/mol. The van der Waals surface area contributed by atoms with Gasteiger partial charge in [0, 0.05) is 0 Å². The zero-order valence-corrected chi connectivity index (χ0v) is 6.97. The molecule has 0 spiro atoms. The second-order valence-corrected chi connectivity index (χ2v) is 3.23. The van der Waals surface area contributed by atoms with Gasteiger partial charge in [0.2, 0.25) is 0 Å². The minimum Gasteiger partial charge on any atom is -0.390 e. The van der Waals surface area contributed by atoms with Gasteiger partial charge < -0.3 is 5.11 Å². The highest BCUT2D eigenvalue weighted by Gasteiger charge is 2.12. The van der Waals surface area contributed by atoms with Crippen LogP contribution < -0.4 is 0 Å². The van der Waals surface area contributed by atoms with Gasteiger partial charge in [-0.15, -0.1) is 0 Å². The minimum absolute atomic E-state index is 0.481. The summed E-state index contributed by atoms with van der Waals surface area (Å²) in [5.41, 5.74) is 0. The van der Waals surface area contributed by atoms with Gasteiger partial charge in [0.15, 0.2) is 0 Å². The standard InChI is InChI=1S/C8H17FO/c1-6(2)4-5-8(9)7(3)10/h6-8,10H,4-5H2,1-3H3. The molecule has 2 heteroatoms. The van der Waals surface area contributed by atoms with Gasteiger partial charge in [0.05, 0.1) is 6.10 Å². The predicted octanol–water partition coefficient (Wildman–Crippen LogP) is 2.14. The lowest BCUT2D eigenvalue weighted by Crippen LogP contribution is -2.17. The lowest BCUT2D eigenvalue weighted by atomic mass is 10.0. The molecule has 0 aliphatic heterocycles. The summed E-state index contributed by atoms with van der Waals surface area (Å²) >= 11 is 0. The first-order valence-electron chi connectivity index (χ1n) is 3.86. The van der Waals surface area contributed by atoms with Crippen molar-refractivity contribution in [3.8, 4) is 0 Å². The largest absolute Gasteiger partial charge is 0.390 e. The Balaban J connectivity index is 3.30. The summed E-state index contributed by atoms with van der Waals surface area (Å²) in [5, 5.41) is 8.76. The molecule has 0 rings (SSSR count). The summed E-state index contributed by atoms with van der Waals surface area (Å²) in [5.74, 6) is 0.525. The van der Waals surface area contributed by atoms with Crippen molar-refractivity contribution in [1.29, 1.82) is 0 Å². The molecule has 10 heavy (non-hydrogen) atoms. The van der Waals surface area contributed by atoms with Crippen LogP contribution in [0.4, 0.5) is 4.39 Å². The molecule has 2 unspecified atom stereocenters. The Morgan fingerprint density at radius 1 is 1.20 bits per heavy atom. The van der Waals surface area contributed by atoms with Crippen LogP contribution in [0.3, 0.4) is 0 Å². The Morgan fingerprint density at radius 2 is 1.70 bits per heavy atom. The first-order valence-corrected chi connectivity index (χ1v) is 3.86. The molecule has 0 heterocycles. The average molecular weight is 148 g/mol. The fourth-order valence-electron chi connectivity index (χ4n) is 0.734. The molecule has 0 amide bonds. The maximum atomic E-state index is 12.6. The van der Waals surface area contributed by atoms with Gasteiger partial charge in [-0.2, -0.15) is 0 Å². The van der Waals surface area contributed by atoms with Gasteiger partial charge in [-0.05, 0) is 25.7 Å². The van der Waals surface area contributed by atoms with E-state index in [1.54, 1.807) is 0 Å². The van der Waals surface area contributed by atoms with E-state index >= 15 is 0 Å². The van der Waals surface area contributed by atoms with Gasteiger partial charge in [-0.25, -0.2) is 4.39 Å². The normalized spacial score (nSPS) is 17.4. The van der Waals surface area contributed by atoms with Crippen molar-refractivity contribution in [3.63, 3.8) is 0 Å². The SMILES string of the molecule is CC(C)CCC(F)C(C)O. The molecule has 0 fully saturated rings. The molecule has 0 aromatic heterocycles. The number of alkyl halides is 1. The Bertz CT molecular complexity index is 81.3. The molecule has 0 aromatic rings. The molecule has 0 bridgehead atoms. The van der Waals surface area contributed by atoms with Crippen molar-refractivity contribution in [2.24, 2.45) is 5.92 Å². The maximum absolute atomic E-state index is 12.6. The van der Waals surface area contributed by atoms with E-state index in [0.717, 1.165) is 6.42 Å². The molecule has 0 radical (unpaired) electrons. The van der Waals surface area contributed by atoms with Crippen molar-refractivity contribution in [2.75, 3.05) is 0 Å². The molecule has 2 atom stereocenters. The highest BCUT2D eigenvalue weighted by atomic mass is 19.1. The van der Waals surface area contributed by atoms with Crippen LogP contribution in [0.2, 0.25) is 0 Å². The quantitative estimate of drug-likeness (QED) is 0.647. The summed E-state index contributed by atoms with van der Waals surface area (Å²) in [6.07, 6.45) is -0.511. The van der Waals surface area contributed by atoms with Crippen molar-refractivity contribution in [3.05, 3.63) is 0 Å². The number of aliphatic hydroxyl groups is 1. The Kier molecular flexibility index (Phi) is 4.62. The maximum Gasteiger partial charge on any atom is 0.126 e. The Morgan fingerprint density at radius 3 is 2.00 bits per heavy atom. The minimum atomic E-state index is -1.04. The Labute approximate surface area is 62.3 Å². The zero-order chi connectivity index (χ0) is 8.15. The summed E-state index contributed by atoms with van der Waals surface area (Å²) in [6.45, 7) is 5.59. The molecule has 0 aliphatic carbocycles. The fraction of sp³-hybridized carbons (Fsp3) is 1.00. The van der Waals surface area contributed by atoms with E-state index in [9.17, 15) is 4.39 Å². The second kappa shape index (κ2) is 4.67. The highest BCUT2D eigenvalue weighted by Crippen LogP contribution is 2.11. The highest BCUT2D eigenvalue weighted by molar-refractivity contribution is 4.62. The molecule has 0 saturated carbocycles. The van der Waals surface area contributed by atoms with Crippen molar-refractivity contribution in [2.45, 2.75) is 45.9 Å². The molecule has 0 aliphatic rings. The summed E-state index contributed by atoms with van der Waals surface area (Å²) < 4.78 is 12.6. The number of halogens is 1. The van der Waals surface area contributed by atoms with Crippen LogP contribution in [0, 0.1) is 5.92 Å².